The lowest BCUT2D eigenvalue weighted by atomic mass is 9.99. The van der Waals surface area contributed by atoms with E-state index in [0.717, 1.165) is 24.0 Å². The van der Waals surface area contributed by atoms with Crippen LogP contribution < -0.4 is 14.8 Å². The van der Waals surface area contributed by atoms with Gasteiger partial charge in [0.25, 0.3) is 0 Å². The summed E-state index contributed by atoms with van der Waals surface area (Å²) < 4.78 is 11.2. The standard InChI is InChI=1S/C16H23NO2/c1-12(14-4-2-3-5-14)17-11-13-6-7-15-16(10-13)19-9-8-18-15/h6-7,10,12,14,17H,2-5,8-9,11H2,1H3/t12-/m0/s1. The van der Waals surface area contributed by atoms with Crippen molar-refractivity contribution in [1.29, 1.82) is 0 Å². The third-order valence-corrected chi connectivity index (χ3v) is 4.34. The summed E-state index contributed by atoms with van der Waals surface area (Å²) >= 11 is 0. The van der Waals surface area contributed by atoms with Gasteiger partial charge in [0.1, 0.15) is 13.2 Å². The van der Waals surface area contributed by atoms with Gasteiger partial charge in [0.05, 0.1) is 0 Å². The molecule has 19 heavy (non-hydrogen) atoms. The Labute approximate surface area is 115 Å². The van der Waals surface area contributed by atoms with Crippen LogP contribution in [0.2, 0.25) is 0 Å². The van der Waals surface area contributed by atoms with Crippen molar-refractivity contribution < 1.29 is 9.47 Å². The average Bonchev–Trinajstić information content (AvgIpc) is 2.99. The number of benzene rings is 1. The molecule has 3 rings (SSSR count). The number of rotatable bonds is 4. The molecular weight excluding hydrogens is 238 g/mol. The molecule has 3 nitrogen and oxygen atoms in total. The molecule has 1 atom stereocenters. The maximum atomic E-state index is 5.62. The zero-order chi connectivity index (χ0) is 13.1. The van der Waals surface area contributed by atoms with Crippen LogP contribution in [0.4, 0.5) is 0 Å². The molecule has 1 heterocycles. The maximum Gasteiger partial charge on any atom is 0.161 e. The molecule has 1 aromatic carbocycles. The first kappa shape index (κ1) is 12.8. The van der Waals surface area contributed by atoms with Gasteiger partial charge >= 0.3 is 0 Å². The van der Waals surface area contributed by atoms with Gasteiger partial charge in [-0.2, -0.15) is 0 Å². The molecule has 1 aromatic rings. The number of nitrogens with one attached hydrogen (secondary N) is 1. The van der Waals surface area contributed by atoms with Crippen LogP contribution in [0.3, 0.4) is 0 Å². The third-order valence-electron chi connectivity index (χ3n) is 4.34. The zero-order valence-corrected chi connectivity index (χ0v) is 11.7. The van der Waals surface area contributed by atoms with Crippen molar-refractivity contribution in [2.45, 2.75) is 45.2 Å². The van der Waals surface area contributed by atoms with E-state index >= 15 is 0 Å². The van der Waals surface area contributed by atoms with Crippen molar-refractivity contribution in [1.82, 2.24) is 5.32 Å². The van der Waals surface area contributed by atoms with Crippen molar-refractivity contribution in [3.05, 3.63) is 23.8 Å². The molecule has 1 aliphatic heterocycles. The van der Waals surface area contributed by atoms with Crippen LogP contribution in [0.5, 0.6) is 11.5 Å². The SMILES string of the molecule is C[C@H](NCc1ccc2c(c1)OCCO2)C1CCCC1. The highest BCUT2D eigenvalue weighted by Crippen LogP contribution is 2.31. The van der Waals surface area contributed by atoms with E-state index in [2.05, 4.69) is 24.4 Å². The molecule has 1 fully saturated rings. The lowest BCUT2D eigenvalue weighted by Gasteiger charge is -2.22. The Morgan fingerprint density at radius 3 is 2.68 bits per heavy atom. The highest BCUT2D eigenvalue weighted by atomic mass is 16.6. The monoisotopic (exact) mass is 261 g/mol. The van der Waals surface area contributed by atoms with E-state index in [1.54, 1.807) is 0 Å². The minimum atomic E-state index is 0.607. The number of ether oxygens (including phenoxy) is 2. The average molecular weight is 261 g/mol. The molecule has 3 heteroatoms. The van der Waals surface area contributed by atoms with Crippen molar-refractivity contribution in [2.75, 3.05) is 13.2 Å². The van der Waals surface area contributed by atoms with Crippen LogP contribution in [-0.2, 0) is 6.54 Å². The molecule has 1 saturated carbocycles. The van der Waals surface area contributed by atoms with Crippen molar-refractivity contribution in [3.63, 3.8) is 0 Å². The second kappa shape index (κ2) is 5.83. The molecule has 0 amide bonds. The Morgan fingerprint density at radius 2 is 1.89 bits per heavy atom. The summed E-state index contributed by atoms with van der Waals surface area (Å²) in [5, 5.41) is 3.65. The molecule has 0 unspecified atom stereocenters. The molecule has 2 aliphatic rings. The van der Waals surface area contributed by atoms with Crippen LogP contribution >= 0.6 is 0 Å². The Kier molecular flexibility index (Phi) is 3.92. The summed E-state index contributed by atoms with van der Waals surface area (Å²) in [4.78, 5) is 0. The number of hydrogen-bond acceptors (Lipinski definition) is 3. The number of fused-ring (bicyclic) bond motifs is 1. The fourth-order valence-corrected chi connectivity index (χ4v) is 3.10. The van der Waals surface area contributed by atoms with Gasteiger partial charge in [0.2, 0.25) is 0 Å². The van der Waals surface area contributed by atoms with Gasteiger partial charge in [-0.15, -0.1) is 0 Å². The van der Waals surface area contributed by atoms with E-state index in [1.807, 2.05) is 6.07 Å². The van der Waals surface area contributed by atoms with Gasteiger partial charge in [-0.3, -0.25) is 0 Å². The molecule has 0 saturated heterocycles. The molecule has 1 aliphatic carbocycles. The Balaban J connectivity index is 1.57. The van der Waals surface area contributed by atoms with Gasteiger partial charge < -0.3 is 14.8 Å². The van der Waals surface area contributed by atoms with Gasteiger partial charge in [-0.1, -0.05) is 18.9 Å². The van der Waals surface area contributed by atoms with Crippen molar-refractivity contribution >= 4 is 0 Å². The Bertz CT molecular complexity index is 427. The fourth-order valence-electron chi connectivity index (χ4n) is 3.10. The first-order valence-corrected chi connectivity index (χ1v) is 7.45. The Morgan fingerprint density at radius 1 is 1.16 bits per heavy atom. The summed E-state index contributed by atoms with van der Waals surface area (Å²) in [6, 6.07) is 6.85. The second-order valence-electron chi connectivity index (χ2n) is 5.69. The maximum absolute atomic E-state index is 5.62. The summed E-state index contributed by atoms with van der Waals surface area (Å²) in [5.74, 6) is 2.62. The van der Waals surface area contributed by atoms with Crippen molar-refractivity contribution in [3.8, 4) is 11.5 Å². The predicted molar refractivity (Wildman–Crippen MR) is 75.7 cm³/mol. The van der Waals surface area contributed by atoms with E-state index < -0.39 is 0 Å². The van der Waals surface area contributed by atoms with E-state index in [1.165, 1.54) is 31.2 Å². The molecule has 0 radical (unpaired) electrons. The van der Waals surface area contributed by atoms with Crippen LogP contribution in [0.25, 0.3) is 0 Å². The van der Waals surface area contributed by atoms with Gasteiger partial charge in [-0.25, -0.2) is 0 Å². The van der Waals surface area contributed by atoms with Crippen LogP contribution in [0.15, 0.2) is 18.2 Å². The normalized spacial score (nSPS) is 20.5. The predicted octanol–water partition coefficient (Wildman–Crippen LogP) is 3.13. The quantitative estimate of drug-likeness (QED) is 0.903. The molecule has 0 bridgehead atoms. The highest BCUT2D eigenvalue weighted by Gasteiger charge is 2.21. The number of hydrogen-bond donors (Lipinski definition) is 1. The molecule has 1 N–H and O–H groups in total. The van der Waals surface area contributed by atoms with Gasteiger partial charge in [0, 0.05) is 12.6 Å². The van der Waals surface area contributed by atoms with Crippen LogP contribution in [0, 0.1) is 5.92 Å². The largest absolute Gasteiger partial charge is 0.486 e. The van der Waals surface area contributed by atoms with E-state index in [0.29, 0.717) is 19.3 Å². The third kappa shape index (κ3) is 3.03. The van der Waals surface area contributed by atoms with Gasteiger partial charge in [0.15, 0.2) is 11.5 Å². The summed E-state index contributed by atoms with van der Waals surface area (Å²) in [7, 11) is 0. The van der Waals surface area contributed by atoms with E-state index in [4.69, 9.17) is 9.47 Å². The van der Waals surface area contributed by atoms with Gasteiger partial charge in [-0.05, 0) is 43.4 Å². The van der Waals surface area contributed by atoms with Crippen molar-refractivity contribution in [2.24, 2.45) is 5.92 Å². The first-order chi connectivity index (χ1) is 9.33. The minimum absolute atomic E-state index is 0.607. The fraction of sp³-hybridized carbons (Fsp3) is 0.625. The first-order valence-electron chi connectivity index (χ1n) is 7.45. The van der Waals surface area contributed by atoms with E-state index in [9.17, 15) is 0 Å². The molecular formula is C16H23NO2. The highest BCUT2D eigenvalue weighted by molar-refractivity contribution is 5.43. The molecule has 0 spiro atoms. The summed E-state index contributed by atoms with van der Waals surface area (Å²) in [6.45, 7) is 4.54. The van der Waals surface area contributed by atoms with Crippen LogP contribution in [-0.4, -0.2) is 19.3 Å². The topological polar surface area (TPSA) is 30.5 Å². The molecule has 104 valence electrons. The Hall–Kier alpha value is -1.22. The lowest BCUT2D eigenvalue weighted by Crippen LogP contribution is -2.31. The van der Waals surface area contributed by atoms with Crippen LogP contribution in [0.1, 0.15) is 38.2 Å². The molecule has 0 aromatic heterocycles. The smallest absolute Gasteiger partial charge is 0.161 e. The zero-order valence-electron chi connectivity index (χ0n) is 11.7. The summed E-state index contributed by atoms with van der Waals surface area (Å²) in [5.41, 5.74) is 1.27. The lowest BCUT2D eigenvalue weighted by molar-refractivity contribution is 0.171. The minimum Gasteiger partial charge on any atom is -0.486 e. The summed E-state index contributed by atoms with van der Waals surface area (Å²) in [6.07, 6.45) is 5.58. The van der Waals surface area contributed by atoms with E-state index in [-0.39, 0.29) is 0 Å². The second-order valence-corrected chi connectivity index (χ2v) is 5.69.